The van der Waals surface area contributed by atoms with Gasteiger partial charge in [0.25, 0.3) is 0 Å². The van der Waals surface area contributed by atoms with E-state index < -0.39 is 0 Å². The van der Waals surface area contributed by atoms with E-state index in [2.05, 4.69) is 22.9 Å². The van der Waals surface area contributed by atoms with Crippen molar-refractivity contribution in [3.63, 3.8) is 0 Å². The minimum atomic E-state index is 0.285. The zero-order valence-electron chi connectivity index (χ0n) is 9.03. The van der Waals surface area contributed by atoms with E-state index in [4.69, 9.17) is 5.11 Å². The van der Waals surface area contributed by atoms with Crippen LogP contribution in [0.4, 0.5) is 0 Å². The summed E-state index contributed by atoms with van der Waals surface area (Å²) in [6.45, 7) is 4.30. The molecule has 1 unspecified atom stereocenters. The van der Waals surface area contributed by atoms with Gasteiger partial charge in [-0.05, 0) is 31.0 Å². The Hall–Kier alpha value is -0.800. The molecule has 0 fully saturated rings. The fraction of sp³-hybridized carbons (Fsp3) is 0.636. The summed E-state index contributed by atoms with van der Waals surface area (Å²) in [6.07, 6.45) is 2.92. The second kappa shape index (κ2) is 5.83. The summed E-state index contributed by atoms with van der Waals surface area (Å²) in [5.74, 6) is 0.542. The highest BCUT2D eigenvalue weighted by Gasteiger charge is 2.01. The van der Waals surface area contributed by atoms with Crippen molar-refractivity contribution in [2.75, 3.05) is 13.2 Å². The first-order valence-corrected chi connectivity index (χ1v) is 5.16. The second-order valence-electron chi connectivity index (χ2n) is 3.86. The number of aromatic nitrogens is 1. The first-order valence-electron chi connectivity index (χ1n) is 5.16. The predicted octanol–water partition coefficient (Wildman–Crippen LogP) is 1.13. The van der Waals surface area contributed by atoms with Crippen LogP contribution in [-0.2, 0) is 13.6 Å². The minimum Gasteiger partial charge on any atom is -0.396 e. The lowest BCUT2D eigenvalue weighted by Crippen LogP contribution is -2.22. The van der Waals surface area contributed by atoms with Gasteiger partial charge in [0.15, 0.2) is 0 Å². The summed E-state index contributed by atoms with van der Waals surface area (Å²) in [4.78, 5) is 0. The van der Waals surface area contributed by atoms with Gasteiger partial charge in [-0.2, -0.15) is 0 Å². The topological polar surface area (TPSA) is 37.2 Å². The molecule has 1 aromatic heterocycles. The smallest absolute Gasteiger partial charge is 0.0434 e. The van der Waals surface area contributed by atoms with Crippen LogP contribution in [0.2, 0.25) is 0 Å². The molecule has 80 valence electrons. The third-order valence-electron chi connectivity index (χ3n) is 2.47. The van der Waals surface area contributed by atoms with Gasteiger partial charge in [-0.3, -0.25) is 0 Å². The van der Waals surface area contributed by atoms with Crippen LogP contribution in [0.15, 0.2) is 18.3 Å². The lowest BCUT2D eigenvalue weighted by molar-refractivity contribution is 0.260. The van der Waals surface area contributed by atoms with Gasteiger partial charge in [0.2, 0.25) is 0 Å². The Balaban J connectivity index is 2.19. The highest BCUT2D eigenvalue weighted by molar-refractivity contribution is 5.05. The maximum Gasteiger partial charge on any atom is 0.0434 e. The van der Waals surface area contributed by atoms with Gasteiger partial charge in [-0.25, -0.2) is 0 Å². The molecule has 0 saturated carbocycles. The molecule has 14 heavy (non-hydrogen) atoms. The van der Waals surface area contributed by atoms with Crippen molar-refractivity contribution in [3.05, 3.63) is 24.0 Å². The predicted molar refractivity (Wildman–Crippen MR) is 58.0 cm³/mol. The van der Waals surface area contributed by atoms with E-state index in [1.165, 1.54) is 5.69 Å². The monoisotopic (exact) mass is 196 g/mol. The van der Waals surface area contributed by atoms with Gasteiger partial charge in [0.05, 0.1) is 0 Å². The van der Waals surface area contributed by atoms with E-state index in [1.807, 2.05) is 19.3 Å². The Bertz CT molecular complexity index is 258. The number of nitrogens with one attached hydrogen (secondary N) is 1. The Kier molecular flexibility index (Phi) is 4.70. The van der Waals surface area contributed by atoms with Crippen molar-refractivity contribution in [2.45, 2.75) is 19.9 Å². The maximum atomic E-state index is 8.73. The average molecular weight is 196 g/mol. The molecule has 1 atom stereocenters. The highest BCUT2D eigenvalue weighted by Crippen LogP contribution is 2.01. The van der Waals surface area contributed by atoms with E-state index in [1.54, 1.807) is 0 Å². The number of hydrogen-bond acceptors (Lipinski definition) is 2. The van der Waals surface area contributed by atoms with Crippen molar-refractivity contribution >= 4 is 0 Å². The number of aliphatic hydroxyl groups is 1. The maximum absolute atomic E-state index is 8.73. The molecule has 2 N–H and O–H groups in total. The molecular formula is C11H20N2O. The van der Waals surface area contributed by atoms with E-state index in [9.17, 15) is 0 Å². The van der Waals surface area contributed by atoms with Crippen LogP contribution in [0.25, 0.3) is 0 Å². The molecular weight excluding hydrogens is 176 g/mol. The summed E-state index contributed by atoms with van der Waals surface area (Å²) in [6, 6.07) is 4.16. The third-order valence-corrected chi connectivity index (χ3v) is 2.47. The number of aryl methyl sites for hydroxylation is 1. The molecule has 1 rings (SSSR count). The van der Waals surface area contributed by atoms with Gasteiger partial charge in [0, 0.05) is 32.1 Å². The SMILES string of the molecule is CC(CCO)CNCc1cccn1C. The largest absolute Gasteiger partial charge is 0.396 e. The zero-order valence-corrected chi connectivity index (χ0v) is 9.03. The molecule has 1 aromatic rings. The number of rotatable bonds is 6. The van der Waals surface area contributed by atoms with Crippen LogP contribution in [0, 0.1) is 5.92 Å². The van der Waals surface area contributed by atoms with Crippen molar-refractivity contribution in [2.24, 2.45) is 13.0 Å². The van der Waals surface area contributed by atoms with Crippen LogP contribution >= 0.6 is 0 Å². The summed E-state index contributed by atoms with van der Waals surface area (Å²) < 4.78 is 2.11. The van der Waals surface area contributed by atoms with E-state index in [0.29, 0.717) is 5.92 Å². The quantitative estimate of drug-likeness (QED) is 0.715. The van der Waals surface area contributed by atoms with Crippen LogP contribution < -0.4 is 5.32 Å². The van der Waals surface area contributed by atoms with Gasteiger partial charge < -0.3 is 15.0 Å². The second-order valence-corrected chi connectivity index (χ2v) is 3.86. The molecule has 0 bridgehead atoms. The van der Waals surface area contributed by atoms with Crippen molar-refractivity contribution in [1.29, 1.82) is 0 Å². The summed E-state index contributed by atoms with van der Waals surface area (Å²) in [7, 11) is 2.05. The Morgan fingerprint density at radius 2 is 2.36 bits per heavy atom. The van der Waals surface area contributed by atoms with Gasteiger partial charge in [0.1, 0.15) is 0 Å². The molecule has 0 spiro atoms. The Morgan fingerprint density at radius 1 is 1.57 bits per heavy atom. The molecule has 0 aliphatic rings. The fourth-order valence-electron chi connectivity index (χ4n) is 1.45. The summed E-state index contributed by atoms with van der Waals surface area (Å²) >= 11 is 0. The van der Waals surface area contributed by atoms with Crippen molar-refractivity contribution < 1.29 is 5.11 Å². The molecule has 0 aromatic carbocycles. The highest BCUT2D eigenvalue weighted by atomic mass is 16.3. The lowest BCUT2D eigenvalue weighted by atomic mass is 10.1. The van der Waals surface area contributed by atoms with Crippen LogP contribution in [-0.4, -0.2) is 22.8 Å². The Morgan fingerprint density at radius 3 is 2.93 bits per heavy atom. The van der Waals surface area contributed by atoms with Crippen LogP contribution in [0.3, 0.4) is 0 Å². The molecule has 0 aliphatic carbocycles. The zero-order chi connectivity index (χ0) is 10.4. The van der Waals surface area contributed by atoms with Gasteiger partial charge in [-0.1, -0.05) is 6.92 Å². The third kappa shape index (κ3) is 3.52. The number of hydrogen-bond donors (Lipinski definition) is 2. The number of nitrogens with zero attached hydrogens (tertiary/aromatic N) is 1. The number of aliphatic hydroxyl groups excluding tert-OH is 1. The molecule has 3 heteroatoms. The molecule has 0 aliphatic heterocycles. The summed E-state index contributed by atoms with van der Waals surface area (Å²) in [5.41, 5.74) is 1.29. The van der Waals surface area contributed by atoms with Crippen LogP contribution in [0.5, 0.6) is 0 Å². The Labute approximate surface area is 85.7 Å². The van der Waals surface area contributed by atoms with E-state index in [-0.39, 0.29) is 6.61 Å². The molecule has 1 heterocycles. The van der Waals surface area contributed by atoms with Crippen molar-refractivity contribution in [1.82, 2.24) is 9.88 Å². The van der Waals surface area contributed by atoms with E-state index in [0.717, 1.165) is 19.5 Å². The molecule has 0 amide bonds. The van der Waals surface area contributed by atoms with Gasteiger partial charge in [-0.15, -0.1) is 0 Å². The first kappa shape index (κ1) is 11.3. The van der Waals surface area contributed by atoms with E-state index >= 15 is 0 Å². The first-order chi connectivity index (χ1) is 6.74. The molecule has 0 saturated heterocycles. The molecule has 0 radical (unpaired) electrons. The summed E-state index contributed by atoms with van der Waals surface area (Å²) in [5, 5.41) is 12.1. The van der Waals surface area contributed by atoms with Crippen molar-refractivity contribution in [3.8, 4) is 0 Å². The lowest BCUT2D eigenvalue weighted by Gasteiger charge is -2.11. The van der Waals surface area contributed by atoms with Crippen LogP contribution in [0.1, 0.15) is 19.0 Å². The van der Waals surface area contributed by atoms with Gasteiger partial charge >= 0.3 is 0 Å². The fourth-order valence-corrected chi connectivity index (χ4v) is 1.45. The normalized spacial score (nSPS) is 13.1. The standard InChI is InChI=1S/C11H20N2O/c1-10(5-7-14)8-12-9-11-4-3-6-13(11)2/h3-4,6,10,12,14H,5,7-9H2,1-2H3. The minimum absolute atomic E-state index is 0.285. The molecule has 3 nitrogen and oxygen atoms in total. The average Bonchev–Trinajstić information content (AvgIpc) is 2.52.